The van der Waals surface area contributed by atoms with Gasteiger partial charge in [0.1, 0.15) is 34.4 Å². The molecule has 4 aromatic rings. The minimum absolute atomic E-state index is 0.0514. The number of nitrogens with one attached hydrogen (secondary N) is 1. The summed E-state index contributed by atoms with van der Waals surface area (Å²) in [5.41, 5.74) is 1.72. The molecule has 2 fully saturated rings. The first-order chi connectivity index (χ1) is 24.3. The van der Waals surface area contributed by atoms with Crippen LogP contribution in [0.15, 0.2) is 78.1 Å². The molecule has 3 atom stereocenters. The van der Waals surface area contributed by atoms with Crippen LogP contribution in [0.25, 0.3) is 0 Å². The average Bonchev–Trinajstić information content (AvgIpc) is 3.96. The fourth-order valence-corrected chi connectivity index (χ4v) is 8.44. The number of hydrogen-bond donors (Lipinski definition) is 1. The van der Waals surface area contributed by atoms with E-state index >= 15 is 4.39 Å². The number of nitrogens with zero attached hydrogens (tertiary/aromatic N) is 4. The number of halogens is 4. The summed E-state index contributed by atoms with van der Waals surface area (Å²) in [6, 6.07) is 14.4. The number of sulfonamides is 1. The predicted molar refractivity (Wildman–Crippen MR) is 186 cm³/mol. The van der Waals surface area contributed by atoms with Gasteiger partial charge in [0.05, 0.1) is 26.3 Å². The van der Waals surface area contributed by atoms with E-state index < -0.39 is 32.5 Å². The molecule has 0 spiro atoms. The van der Waals surface area contributed by atoms with Gasteiger partial charge in [-0.1, -0.05) is 18.2 Å². The number of benzene rings is 3. The van der Waals surface area contributed by atoms with Crippen LogP contribution in [0.2, 0.25) is 0 Å². The van der Waals surface area contributed by atoms with Gasteiger partial charge in [0.2, 0.25) is 0 Å². The van der Waals surface area contributed by atoms with Crippen LogP contribution in [-0.2, 0) is 22.7 Å². The SMILES string of the molecule is COc1ccc(CN(c2ccncn2)S(=O)(=O)c2cc(C3CC3)c(N[C@H]3CC[C@H](c4cccc(C(F)(F)F)c4)C[C@@H]3N(C)C)cc2F)c(OC)c1. The van der Waals surface area contributed by atoms with E-state index in [0.29, 0.717) is 53.1 Å². The standard InChI is InChI=1S/C37H41F4N5O4S/c1-45(2)33-17-25(24-6-5-7-27(16-24)37(39,40)41)11-13-31(33)44-32-20-30(38)35(19-29(32)23-8-9-23)51(47,48)46(36-14-15-42-22-43-36)21-26-10-12-28(49-3)18-34(26)50-4/h5-7,10,12,14-16,18-20,22-23,25,31,33,44H,8-9,11,13,17,21H2,1-4H3/t25-,31-,33-/m0/s1. The van der Waals surface area contributed by atoms with Gasteiger partial charge >= 0.3 is 6.18 Å². The molecule has 1 heterocycles. The van der Waals surface area contributed by atoms with E-state index in [0.717, 1.165) is 23.2 Å². The number of hydrogen-bond acceptors (Lipinski definition) is 8. The molecule has 0 unspecified atom stereocenters. The van der Waals surface area contributed by atoms with Gasteiger partial charge in [0, 0.05) is 41.7 Å². The van der Waals surface area contributed by atoms with Crippen LogP contribution in [0.5, 0.6) is 11.5 Å². The lowest BCUT2D eigenvalue weighted by atomic mass is 9.77. The lowest BCUT2D eigenvalue weighted by Gasteiger charge is -2.41. The molecule has 0 amide bonds. The highest BCUT2D eigenvalue weighted by Crippen LogP contribution is 2.46. The molecule has 6 rings (SSSR count). The summed E-state index contributed by atoms with van der Waals surface area (Å²) < 4.78 is 97.4. The molecule has 14 heteroatoms. The molecule has 51 heavy (non-hydrogen) atoms. The third kappa shape index (κ3) is 7.91. The predicted octanol–water partition coefficient (Wildman–Crippen LogP) is 7.60. The molecule has 1 N–H and O–H groups in total. The summed E-state index contributed by atoms with van der Waals surface area (Å²) in [5.74, 6) is 0.0272. The van der Waals surface area contributed by atoms with Crippen molar-refractivity contribution in [3.63, 3.8) is 0 Å². The van der Waals surface area contributed by atoms with Gasteiger partial charge in [0.15, 0.2) is 0 Å². The summed E-state index contributed by atoms with van der Waals surface area (Å²) >= 11 is 0. The van der Waals surface area contributed by atoms with Crippen molar-refractivity contribution in [3.05, 3.63) is 101 Å². The molecule has 0 saturated heterocycles. The molecule has 3 aromatic carbocycles. The Morgan fingerprint density at radius 1 is 0.941 bits per heavy atom. The maximum Gasteiger partial charge on any atom is 0.416 e. The van der Waals surface area contributed by atoms with E-state index in [4.69, 9.17) is 9.47 Å². The van der Waals surface area contributed by atoms with E-state index in [2.05, 4.69) is 15.3 Å². The van der Waals surface area contributed by atoms with Crippen LogP contribution in [0, 0.1) is 5.82 Å². The van der Waals surface area contributed by atoms with Crippen LogP contribution >= 0.6 is 0 Å². The zero-order valence-electron chi connectivity index (χ0n) is 28.8. The summed E-state index contributed by atoms with van der Waals surface area (Å²) in [7, 11) is 2.31. The number of aromatic nitrogens is 2. The minimum atomic E-state index is -4.51. The van der Waals surface area contributed by atoms with Gasteiger partial charge in [-0.05, 0) is 99.5 Å². The molecular formula is C37H41F4N5O4S. The number of alkyl halides is 3. The van der Waals surface area contributed by atoms with Crippen LogP contribution in [0.3, 0.4) is 0 Å². The maximum atomic E-state index is 16.3. The van der Waals surface area contributed by atoms with E-state index in [1.54, 1.807) is 24.3 Å². The Bertz CT molecular complexity index is 1960. The van der Waals surface area contributed by atoms with Crippen molar-refractivity contribution in [1.29, 1.82) is 0 Å². The minimum Gasteiger partial charge on any atom is -0.497 e. The fourth-order valence-electron chi connectivity index (χ4n) is 6.96. The number of rotatable bonds is 12. The lowest BCUT2D eigenvalue weighted by molar-refractivity contribution is -0.137. The molecule has 0 radical (unpaired) electrons. The number of anilines is 2. The van der Waals surface area contributed by atoms with Crippen molar-refractivity contribution in [3.8, 4) is 11.5 Å². The second-order valence-electron chi connectivity index (χ2n) is 13.3. The van der Waals surface area contributed by atoms with Crippen LogP contribution < -0.4 is 19.1 Å². The average molecular weight is 728 g/mol. The monoisotopic (exact) mass is 727 g/mol. The van der Waals surface area contributed by atoms with Gasteiger partial charge in [-0.3, -0.25) is 0 Å². The Balaban J connectivity index is 1.31. The summed E-state index contributed by atoms with van der Waals surface area (Å²) in [4.78, 5) is 9.68. The van der Waals surface area contributed by atoms with Crippen molar-refractivity contribution >= 4 is 21.5 Å². The van der Waals surface area contributed by atoms with Gasteiger partial charge in [-0.15, -0.1) is 0 Å². The molecule has 272 valence electrons. The first kappa shape index (κ1) is 36.4. The highest BCUT2D eigenvalue weighted by Gasteiger charge is 2.38. The summed E-state index contributed by atoms with van der Waals surface area (Å²) in [5, 5.41) is 3.54. The third-order valence-electron chi connectivity index (χ3n) is 9.83. The second kappa shape index (κ2) is 14.7. The Hall–Kier alpha value is -4.43. The Morgan fingerprint density at radius 2 is 1.71 bits per heavy atom. The molecule has 2 aliphatic rings. The smallest absolute Gasteiger partial charge is 0.416 e. The van der Waals surface area contributed by atoms with Gasteiger partial charge in [-0.2, -0.15) is 13.2 Å². The lowest BCUT2D eigenvalue weighted by Crippen LogP contribution is -2.47. The summed E-state index contributed by atoms with van der Waals surface area (Å²) in [6.07, 6.45) is 1.74. The van der Waals surface area contributed by atoms with Crippen molar-refractivity contribution in [2.24, 2.45) is 0 Å². The molecule has 2 saturated carbocycles. The van der Waals surface area contributed by atoms with Crippen molar-refractivity contribution in [2.45, 2.75) is 73.6 Å². The zero-order chi connectivity index (χ0) is 36.5. The summed E-state index contributed by atoms with van der Waals surface area (Å²) in [6.45, 7) is -0.204. The fraction of sp³-hybridized carbons (Fsp3) is 0.405. The van der Waals surface area contributed by atoms with Crippen molar-refractivity contribution < 1.29 is 35.5 Å². The van der Waals surface area contributed by atoms with Crippen LogP contribution in [0.1, 0.15) is 66.2 Å². The van der Waals surface area contributed by atoms with Gasteiger partial charge in [0.25, 0.3) is 10.0 Å². The largest absolute Gasteiger partial charge is 0.497 e. The van der Waals surface area contributed by atoms with E-state index in [-0.39, 0.29) is 36.3 Å². The first-order valence-corrected chi connectivity index (χ1v) is 18.2. The van der Waals surface area contributed by atoms with Gasteiger partial charge in [-0.25, -0.2) is 27.1 Å². The van der Waals surface area contributed by atoms with E-state index in [1.165, 1.54) is 57.1 Å². The molecule has 9 nitrogen and oxygen atoms in total. The topological polar surface area (TPSA) is 96.9 Å². The second-order valence-corrected chi connectivity index (χ2v) is 15.1. The van der Waals surface area contributed by atoms with E-state index in [1.807, 2.05) is 19.0 Å². The maximum absolute atomic E-state index is 16.3. The van der Waals surface area contributed by atoms with E-state index in [9.17, 15) is 21.6 Å². The first-order valence-electron chi connectivity index (χ1n) is 16.7. The molecule has 0 aliphatic heterocycles. The van der Waals surface area contributed by atoms with Crippen LogP contribution in [0.4, 0.5) is 29.1 Å². The normalized spacial score (nSPS) is 19.5. The van der Waals surface area contributed by atoms with Crippen molar-refractivity contribution in [1.82, 2.24) is 14.9 Å². The molecular weight excluding hydrogens is 686 g/mol. The Labute approximate surface area is 295 Å². The Kier molecular flexibility index (Phi) is 10.5. The number of ether oxygens (including phenoxy) is 2. The number of likely N-dealkylation sites (N-methyl/N-ethyl adjacent to an activating group) is 1. The Morgan fingerprint density at radius 3 is 2.35 bits per heavy atom. The molecule has 0 bridgehead atoms. The third-order valence-corrected chi connectivity index (χ3v) is 11.6. The highest BCUT2D eigenvalue weighted by atomic mass is 32.2. The molecule has 2 aliphatic carbocycles. The van der Waals surface area contributed by atoms with Crippen LogP contribution in [-0.4, -0.2) is 63.7 Å². The quantitative estimate of drug-likeness (QED) is 0.149. The number of methoxy groups -OCH3 is 2. The molecule has 1 aromatic heterocycles. The van der Waals surface area contributed by atoms with Crippen molar-refractivity contribution in [2.75, 3.05) is 37.9 Å². The highest BCUT2D eigenvalue weighted by molar-refractivity contribution is 7.92. The zero-order valence-corrected chi connectivity index (χ0v) is 29.6. The van der Waals surface area contributed by atoms with Gasteiger partial charge < -0.3 is 19.7 Å².